The van der Waals surface area contributed by atoms with E-state index in [9.17, 15) is 9.59 Å². The van der Waals surface area contributed by atoms with E-state index in [-0.39, 0.29) is 18.0 Å². The number of nitrogens with zero attached hydrogens (tertiary/aromatic N) is 2. The van der Waals surface area contributed by atoms with Crippen molar-refractivity contribution in [3.05, 3.63) is 29.8 Å². The summed E-state index contributed by atoms with van der Waals surface area (Å²) < 4.78 is 0. The maximum Gasteiger partial charge on any atom is 0.317 e. The van der Waals surface area contributed by atoms with Crippen molar-refractivity contribution in [2.24, 2.45) is 5.92 Å². The van der Waals surface area contributed by atoms with Crippen LogP contribution in [0.3, 0.4) is 0 Å². The number of carbonyl (C=O) groups excluding carboxylic acids is 2. The van der Waals surface area contributed by atoms with Crippen LogP contribution in [0.25, 0.3) is 0 Å². The van der Waals surface area contributed by atoms with Crippen LogP contribution in [0.1, 0.15) is 31.7 Å². The van der Waals surface area contributed by atoms with Crippen LogP contribution in [-0.2, 0) is 4.79 Å². The molecule has 1 atom stereocenters. The molecule has 1 aromatic rings. The molecule has 5 nitrogen and oxygen atoms in total. The first-order chi connectivity index (χ1) is 11.0. The van der Waals surface area contributed by atoms with Gasteiger partial charge in [-0.1, -0.05) is 24.6 Å². The minimum absolute atomic E-state index is 0.0274. The molecule has 2 saturated heterocycles. The molecular formula is C18H25N3O2. The van der Waals surface area contributed by atoms with Crippen molar-refractivity contribution >= 4 is 17.6 Å². The summed E-state index contributed by atoms with van der Waals surface area (Å²) in [6.45, 7) is 6.44. The first kappa shape index (κ1) is 15.8. The third-order valence-corrected chi connectivity index (χ3v) is 4.87. The van der Waals surface area contributed by atoms with Crippen molar-refractivity contribution in [3.8, 4) is 0 Å². The Morgan fingerprint density at radius 3 is 2.48 bits per heavy atom. The maximum atomic E-state index is 12.3. The fraction of sp³-hybridized carbons (Fsp3) is 0.556. The van der Waals surface area contributed by atoms with E-state index in [0.29, 0.717) is 18.9 Å². The molecule has 0 radical (unpaired) electrons. The van der Waals surface area contributed by atoms with Gasteiger partial charge in [-0.3, -0.25) is 4.79 Å². The summed E-state index contributed by atoms with van der Waals surface area (Å²) in [4.78, 5) is 28.2. The van der Waals surface area contributed by atoms with Gasteiger partial charge in [0.1, 0.15) is 0 Å². The Labute approximate surface area is 137 Å². The Bertz CT molecular complexity index is 576. The molecule has 1 aromatic carbocycles. The van der Waals surface area contributed by atoms with Crippen LogP contribution in [0.2, 0.25) is 0 Å². The number of hydrogen-bond acceptors (Lipinski definition) is 2. The van der Waals surface area contributed by atoms with E-state index >= 15 is 0 Å². The molecule has 0 bridgehead atoms. The number of anilines is 1. The van der Waals surface area contributed by atoms with Crippen LogP contribution in [0.15, 0.2) is 24.3 Å². The number of aryl methyl sites for hydroxylation is 1. The van der Waals surface area contributed by atoms with Gasteiger partial charge in [-0.15, -0.1) is 0 Å². The van der Waals surface area contributed by atoms with Gasteiger partial charge in [-0.25, -0.2) is 4.79 Å². The average Bonchev–Trinajstić information content (AvgIpc) is 2.89. The smallest absolute Gasteiger partial charge is 0.317 e. The zero-order valence-electron chi connectivity index (χ0n) is 13.9. The number of piperidine rings is 1. The average molecular weight is 315 g/mol. The highest BCUT2D eigenvalue weighted by Crippen LogP contribution is 2.22. The van der Waals surface area contributed by atoms with Gasteiger partial charge in [0.25, 0.3) is 0 Å². The molecule has 3 amide bonds. The minimum Gasteiger partial charge on any atom is -0.333 e. The van der Waals surface area contributed by atoms with E-state index in [1.807, 2.05) is 36.1 Å². The van der Waals surface area contributed by atoms with Gasteiger partial charge in [0.05, 0.1) is 6.04 Å². The third kappa shape index (κ3) is 3.66. The molecule has 2 heterocycles. The number of urea groups is 1. The Morgan fingerprint density at radius 2 is 1.83 bits per heavy atom. The summed E-state index contributed by atoms with van der Waals surface area (Å²) in [6.07, 6.45) is 2.50. The van der Waals surface area contributed by atoms with Crippen molar-refractivity contribution in [1.82, 2.24) is 10.2 Å². The lowest BCUT2D eigenvalue weighted by Gasteiger charge is -2.31. The number of rotatable bonds is 2. The molecule has 0 unspecified atom stereocenters. The second-order valence-corrected chi connectivity index (χ2v) is 6.86. The number of likely N-dealkylation sites (tertiary alicyclic amines) is 1. The Balaban J connectivity index is 1.57. The lowest BCUT2D eigenvalue weighted by molar-refractivity contribution is -0.117. The van der Waals surface area contributed by atoms with Crippen molar-refractivity contribution in [1.29, 1.82) is 0 Å². The molecule has 2 aliphatic rings. The Hall–Kier alpha value is -2.04. The topological polar surface area (TPSA) is 52.7 Å². The second-order valence-electron chi connectivity index (χ2n) is 6.86. The largest absolute Gasteiger partial charge is 0.333 e. The zero-order valence-corrected chi connectivity index (χ0v) is 13.9. The highest BCUT2D eigenvalue weighted by Gasteiger charge is 2.32. The van der Waals surface area contributed by atoms with Gasteiger partial charge in [0.2, 0.25) is 5.91 Å². The first-order valence-corrected chi connectivity index (χ1v) is 8.45. The summed E-state index contributed by atoms with van der Waals surface area (Å²) >= 11 is 0. The fourth-order valence-electron chi connectivity index (χ4n) is 3.26. The van der Waals surface area contributed by atoms with Crippen LogP contribution < -0.4 is 10.2 Å². The molecule has 1 N–H and O–H groups in total. The fourth-order valence-corrected chi connectivity index (χ4v) is 3.26. The highest BCUT2D eigenvalue weighted by atomic mass is 16.2. The van der Waals surface area contributed by atoms with Crippen LogP contribution in [0, 0.1) is 12.8 Å². The summed E-state index contributed by atoms with van der Waals surface area (Å²) in [6, 6.07) is 7.80. The lowest BCUT2D eigenvalue weighted by Crippen LogP contribution is -2.48. The summed E-state index contributed by atoms with van der Waals surface area (Å²) in [5, 5.41) is 3.03. The van der Waals surface area contributed by atoms with E-state index in [0.717, 1.165) is 31.6 Å². The van der Waals surface area contributed by atoms with E-state index in [2.05, 4.69) is 12.2 Å². The van der Waals surface area contributed by atoms with Gasteiger partial charge < -0.3 is 15.1 Å². The van der Waals surface area contributed by atoms with Crippen LogP contribution in [0.4, 0.5) is 10.5 Å². The van der Waals surface area contributed by atoms with Gasteiger partial charge in [0, 0.05) is 31.7 Å². The zero-order chi connectivity index (χ0) is 16.4. The van der Waals surface area contributed by atoms with Gasteiger partial charge in [-0.05, 0) is 37.8 Å². The predicted octanol–water partition coefficient (Wildman–Crippen LogP) is 2.54. The number of carbonyl (C=O) groups is 2. The van der Waals surface area contributed by atoms with E-state index < -0.39 is 0 Å². The summed E-state index contributed by atoms with van der Waals surface area (Å²) in [5.41, 5.74) is 2.08. The Kier molecular flexibility index (Phi) is 4.55. The molecule has 5 heteroatoms. The molecule has 2 fully saturated rings. The molecule has 0 aliphatic carbocycles. The van der Waals surface area contributed by atoms with Crippen molar-refractivity contribution in [3.63, 3.8) is 0 Å². The highest BCUT2D eigenvalue weighted by molar-refractivity contribution is 5.96. The Morgan fingerprint density at radius 1 is 1.17 bits per heavy atom. The molecule has 0 spiro atoms. The molecule has 0 aromatic heterocycles. The third-order valence-electron chi connectivity index (χ3n) is 4.87. The molecule has 0 saturated carbocycles. The first-order valence-electron chi connectivity index (χ1n) is 8.45. The van der Waals surface area contributed by atoms with Crippen molar-refractivity contribution in [2.45, 2.75) is 39.2 Å². The second kappa shape index (κ2) is 6.60. The van der Waals surface area contributed by atoms with E-state index in [1.54, 1.807) is 4.90 Å². The number of nitrogens with one attached hydrogen (secondary N) is 1. The normalized spacial score (nSPS) is 22.5. The summed E-state index contributed by atoms with van der Waals surface area (Å²) in [5.74, 6) is 0.774. The van der Waals surface area contributed by atoms with Gasteiger partial charge in [0.15, 0.2) is 0 Å². The van der Waals surface area contributed by atoms with Crippen LogP contribution in [-0.4, -0.2) is 42.5 Å². The van der Waals surface area contributed by atoms with Crippen molar-refractivity contribution in [2.75, 3.05) is 24.5 Å². The monoisotopic (exact) mass is 315 g/mol. The predicted molar refractivity (Wildman–Crippen MR) is 90.4 cm³/mol. The van der Waals surface area contributed by atoms with E-state index in [1.165, 1.54) is 5.56 Å². The number of amides is 3. The van der Waals surface area contributed by atoms with Gasteiger partial charge in [-0.2, -0.15) is 0 Å². The standard InChI is InChI=1S/C18H25N3O2/c1-13-3-5-16(6-4-13)21-12-15(11-17(21)22)19-18(23)20-9-7-14(2)8-10-20/h3-6,14-15H,7-12H2,1-2H3,(H,19,23)/t15-/m1/s1. The van der Waals surface area contributed by atoms with Crippen molar-refractivity contribution < 1.29 is 9.59 Å². The molecule has 2 aliphatic heterocycles. The maximum absolute atomic E-state index is 12.3. The van der Waals surface area contributed by atoms with Gasteiger partial charge >= 0.3 is 6.03 Å². The number of benzene rings is 1. The molecule has 23 heavy (non-hydrogen) atoms. The lowest BCUT2D eigenvalue weighted by atomic mass is 10.00. The molecular weight excluding hydrogens is 290 g/mol. The summed E-state index contributed by atoms with van der Waals surface area (Å²) in [7, 11) is 0. The molecule has 3 rings (SSSR count). The SMILES string of the molecule is Cc1ccc(N2C[C@H](NC(=O)N3CCC(C)CC3)CC2=O)cc1. The minimum atomic E-state index is -0.101. The molecule has 124 valence electrons. The van der Waals surface area contributed by atoms with E-state index in [4.69, 9.17) is 0 Å². The van der Waals surface area contributed by atoms with Crippen LogP contribution >= 0.6 is 0 Å². The quantitative estimate of drug-likeness (QED) is 0.912. The van der Waals surface area contributed by atoms with Crippen LogP contribution in [0.5, 0.6) is 0 Å². The number of hydrogen-bond donors (Lipinski definition) is 1.